The maximum Gasteiger partial charge on any atom is 0.0674 e. The van der Waals surface area contributed by atoms with Crippen LogP contribution in [0.3, 0.4) is 0 Å². The highest BCUT2D eigenvalue weighted by molar-refractivity contribution is 5.92. The van der Waals surface area contributed by atoms with Gasteiger partial charge in [-0.25, -0.2) is 0 Å². The predicted molar refractivity (Wildman–Crippen MR) is 313 cm³/mol. The number of fused-ring (bicyclic) bond motifs is 6. The quantitative estimate of drug-likeness (QED) is 0.119. The van der Waals surface area contributed by atoms with Crippen molar-refractivity contribution in [3.8, 4) is 22.3 Å². The lowest BCUT2D eigenvalue weighted by atomic mass is 9.50. The molecule has 2 atom stereocenters. The summed E-state index contributed by atoms with van der Waals surface area (Å²) in [6.45, 7) is 9.10. The standard InChI is InChI=1S/C72H58N2/c1-5-6-26-52(3)71(65-36-21-19-25-51(65)2)67-38-23-24-39-68(67)72(53(4)48-56-27-20-22-37-66(56)72)69-47-42-55(49-70(69)71)64-50-62(74(59-32-15-9-16-33-59)60-34-17-10-18-35-60)45-46-63(64)54-40-43-61(44-41-54)73(57-28-11-7-12-29-57)58-30-13-8-14-31-58/h5-50H,1-4H3/b6-5-,52-26+. The molecule has 2 aliphatic rings. The molecule has 2 nitrogen and oxygen atoms in total. The van der Waals surface area contributed by atoms with Crippen LogP contribution in [0.15, 0.2) is 284 Å². The number of nitrogens with zero attached hydrogens (tertiary/aromatic N) is 2. The molecule has 0 N–H and O–H groups in total. The molecule has 0 aliphatic heterocycles. The van der Waals surface area contributed by atoms with E-state index in [-0.39, 0.29) is 0 Å². The molecule has 0 radical (unpaired) electrons. The largest absolute Gasteiger partial charge is 0.311 e. The molecule has 10 aromatic carbocycles. The third-order valence-electron chi connectivity index (χ3n) is 15.6. The fraction of sp³-hybridized carbons (Fsp3) is 0.0833. The molecule has 10 aromatic rings. The van der Waals surface area contributed by atoms with E-state index in [0.717, 1.165) is 56.4 Å². The summed E-state index contributed by atoms with van der Waals surface area (Å²) in [6, 6.07) is 93.9. The third-order valence-corrected chi connectivity index (χ3v) is 15.6. The van der Waals surface area contributed by atoms with Crippen molar-refractivity contribution < 1.29 is 0 Å². The van der Waals surface area contributed by atoms with Gasteiger partial charge in [-0.3, -0.25) is 0 Å². The minimum Gasteiger partial charge on any atom is -0.311 e. The Balaban J connectivity index is 1.15. The number of hydrogen-bond donors (Lipinski definition) is 0. The zero-order valence-corrected chi connectivity index (χ0v) is 42.5. The summed E-state index contributed by atoms with van der Waals surface area (Å²) in [7, 11) is 0. The average molecular weight is 951 g/mol. The van der Waals surface area contributed by atoms with Gasteiger partial charge in [0.1, 0.15) is 0 Å². The summed E-state index contributed by atoms with van der Waals surface area (Å²) >= 11 is 0. The molecular formula is C72H58N2. The second-order valence-corrected chi connectivity index (χ2v) is 19.7. The summed E-state index contributed by atoms with van der Waals surface area (Å²) in [4.78, 5) is 4.71. The maximum absolute atomic E-state index is 2.57. The van der Waals surface area contributed by atoms with E-state index in [4.69, 9.17) is 0 Å². The Hall–Kier alpha value is -8.98. The Bertz CT molecular complexity index is 3680. The maximum atomic E-state index is 2.57. The summed E-state index contributed by atoms with van der Waals surface area (Å²) in [5.74, 6) is 0. The van der Waals surface area contributed by atoms with Gasteiger partial charge in [-0.1, -0.05) is 211 Å². The van der Waals surface area contributed by atoms with E-state index in [2.05, 4.69) is 317 Å². The van der Waals surface area contributed by atoms with Gasteiger partial charge in [0.05, 0.1) is 10.8 Å². The van der Waals surface area contributed by atoms with Gasteiger partial charge in [0, 0.05) is 34.1 Å². The smallest absolute Gasteiger partial charge is 0.0674 e. The minimum atomic E-state index is -0.645. The van der Waals surface area contributed by atoms with E-state index < -0.39 is 10.8 Å². The average Bonchev–Trinajstić information content (AvgIpc) is 3.87. The van der Waals surface area contributed by atoms with Crippen LogP contribution in [0.25, 0.3) is 28.3 Å². The molecule has 0 bridgehead atoms. The van der Waals surface area contributed by atoms with Crippen molar-refractivity contribution in [2.45, 2.75) is 38.5 Å². The molecule has 2 aliphatic carbocycles. The zero-order valence-electron chi connectivity index (χ0n) is 42.5. The van der Waals surface area contributed by atoms with E-state index in [0.29, 0.717) is 0 Å². The Morgan fingerprint density at radius 2 is 0.838 bits per heavy atom. The van der Waals surface area contributed by atoms with Crippen LogP contribution in [0.5, 0.6) is 0 Å². The third kappa shape index (κ3) is 7.48. The second-order valence-electron chi connectivity index (χ2n) is 19.7. The molecule has 1 spiro atoms. The van der Waals surface area contributed by atoms with Crippen molar-refractivity contribution in [1.82, 2.24) is 0 Å². The minimum absolute atomic E-state index is 0.505. The van der Waals surface area contributed by atoms with Crippen LogP contribution in [0.2, 0.25) is 0 Å². The lowest BCUT2D eigenvalue weighted by molar-refractivity contribution is 0.604. The van der Waals surface area contributed by atoms with E-state index in [9.17, 15) is 0 Å². The summed E-state index contributed by atoms with van der Waals surface area (Å²) in [6.07, 6.45) is 9.14. The molecule has 74 heavy (non-hydrogen) atoms. The number of benzene rings is 10. The number of aryl methyl sites for hydroxylation is 1. The number of hydrogen-bond acceptors (Lipinski definition) is 2. The fourth-order valence-electron chi connectivity index (χ4n) is 12.5. The number of anilines is 6. The van der Waals surface area contributed by atoms with Crippen molar-refractivity contribution in [3.05, 3.63) is 329 Å². The van der Waals surface area contributed by atoms with E-state index in [1.54, 1.807) is 0 Å². The first-order chi connectivity index (χ1) is 36.4. The summed E-state index contributed by atoms with van der Waals surface area (Å²) in [5, 5.41) is 0. The van der Waals surface area contributed by atoms with Gasteiger partial charge in [-0.05, 0) is 173 Å². The molecule has 2 unspecified atom stereocenters. The van der Waals surface area contributed by atoms with Gasteiger partial charge < -0.3 is 9.80 Å². The highest BCUT2D eigenvalue weighted by Gasteiger charge is 2.55. The SMILES string of the molecule is C/C=C\C=C(/C)C1(c2ccccc2C)c2ccccc2C2(C(C)=Cc3ccccc32)c2ccc(-c3cc(N(c4ccccc4)c4ccccc4)ccc3-c3ccc(N(c4ccccc4)c4ccccc4)cc3)cc21. The monoisotopic (exact) mass is 950 g/mol. The van der Waals surface area contributed by atoms with E-state index >= 15 is 0 Å². The van der Waals surface area contributed by atoms with Gasteiger partial charge in [0.2, 0.25) is 0 Å². The normalized spacial score (nSPS) is 16.6. The fourth-order valence-corrected chi connectivity index (χ4v) is 12.5. The Morgan fingerprint density at radius 1 is 0.378 bits per heavy atom. The molecule has 356 valence electrons. The molecule has 0 saturated heterocycles. The summed E-state index contributed by atoms with van der Waals surface area (Å²) < 4.78 is 0. The van der Waals surface area contributed by atoms with E-state index in [1.807, 2.05) is 0 Å². The molecule has 0 saturated carbocycles. The number of rotatable bonds is 11. The Labute approximate surface area is 437 Å². The van der Waals surface area contributed by atoms with Crippen LogP contribution in [-0.2, 0) is 10.8 Å². The van der Waals surface area contributed by atoms with Crippen LogP contribution >= 0.6 is 0 Å². The first kappa shape index (κ1) is 46.1. The molecule has 0 amide bonds. The number of para-hydroxylation sites is 4. The lowest BCUT2D eigenvalue weighted by Gasteiger charge is -2.51. The molecular weight excluding hydrogens is 893 g/mol. The van der Waals surface area contributed by atoms with Gasteiger partial charge in [0.25, 0.3) is 0 Å². The van der Waals surface area contributed by atoms with Crippen LogP contribution in [0.1, 0.15) is 65.3 Å². The van der Waals surface area contributed by atoms with Crippen molar-refractivity contribution in [3.63, 3.8) is 0 Å². The van der Waals surface area contributed by atoms with Crippen molar-refractivity contribution in [2.24, 2.45) is 0 Å². The topological polar surface area (TPSA) is 6.48 Å². The van der Waals surface area contributed by atoms with Gasteiger partial charge in [0.15, 0.2) is 0 Å². The summed E-state index contributed by atoms with van der Waals surface area (Å²) in [5.41, 5.74) is 23.0. The van der Waals surface area contributed by atoms with Gasteiger partial charge >= 0.3 is 0 Å². The van der Waals surface area contributed by atoms with Crippen LogP contribution < -0.4 is 9.80 Å². The number of allylic oxidation sites excluding steroid dienone is 5. The second kappa shape index (κ2) is 19.2. The molecule has 0 aromatic heterocycles. The zero-order chi connectivity index (χ0) is 50.2. The first-order valence-electron chi connectivity index (χ1n) is 25.9. The first-order valence-corrected chi connectivity index (χ1v) is 25.9. The van der Waals surface area contributed by atoms with Crippen LogP contribution in [0, 0.1) is 6.92 Å². The molecule has 0 fully saturated rings. The molecule has 2 heteroatoms. The van der Waals surface area contributed by atoms with Crippen molar-refractivity contribution >= 4 is 40.2 Å². The predicted octanol–water partition coefficient (Wildman–Crippen LogP) is 19.2. The van der Waals surface area contributed by atoms with E-state index in [1.165, 1.54) is 55.7 Å². The highest BCUT2D eigenvalue weighted by Crippen LogP contribution is 2.63. The molecule has 12 rings (SSSR count). The van der Waals surface area contributed by atoms with Crippen molar-refractivity contribution in [2.75, 3.05) is 9.80 Å². The van der Waals surface area contributed by atoms with Crippen LogP contribution in [-0.4, -0.2) is 0 Å². The highest BCUT2D eigenvalue weighted by atomic mass is 15.1. The Morgan fingerprint density at radius 3 is 1.42 bits per heavy atom. The Kier molecular flexibility index (Phi) is 12.0. The van der Waals surface area contributed by atoms with Crippen molar-refractivity contribution in [1.29, 1.82) is 0 Å². The lowest BCUT2D eigenvalue weighted by Crippen LogP contribution is -2.45. The van der Waals surface area contributed by atoms with Gasteiger partial charge in [-0.15, -0.1) is 0 Å². The van der Waals surface area contributed by atoms with Gasteiger partial charge in [-0.2, -0.15) is 0 Å². The van der Waals surface area contributed by atoms with Crippen LogP contribution in [0.4, 0.5) is 34.1 Å². The molecule has 0 heterocycles.